The third-order valence-electron chi connectivity index (χ3n) is 3.49. The second-order valence-corrected chi connectivity index (χ2v) is 4.86. The van der Waals surface area contributed by atoms with Crippen molar-refractivity contribution in [3.05, 3.63) is 0 Å². The molecule has 0 radical (unpaired) electrons. The monoisotopic (exact) mass is 228 g/mol. The number of methoxy groups -OCH3 is 1. The first-order chi connectivity index (χ1) is 7.81. The Bertz CT molecular complexity index is 175. The highest BCUT2D eigenvalue weighted by Crippen LogP contribution is 2.20. The zero-order valence-electron chi connectivity index (χ0n) is 11.2. The Morgan fingerprint density at radius 3 is 2.88 bits per heavy atom. The molecule has 16 heavy (non-hydrogen) atoms. The average molecular weight is 228 g/mol. The van der Waals surface area contributed by atoms with E-state index in [-0.39, 0.29) is 0 Å². The smallest absolute Gasteiger partial charge is 0.0503 e. The lowest BCUT2D eigenvalue weighted by Crippen LogP contribution is -2.41. The molecule has 0 bridgehead atoms. The van der Waals surface area contributed by atoms with Gasteiger partial charge in [-0.25, -0.2) is 0 Å². The summed E-state index contributed by atoms with van der Waals surface area (Å²) in [6.45, 7) is 10.1. The van der Waals surface area contributed by atoms with Crippen LogP contribution in [0.25, 0.3) is 0 Å². The maximum Gasteiger partial charge on any atom is 0.0503 e. The molecular formula is C13H28N2O. The predicted molar refractivity (Wildman–Crippen MR) is 68.8 cm³/mol. The molecule has 3 nitrogen and oxygen atoms in total. The van der Waals surface area contributed by atoms with Crippen LogP contribution in [-0.2, 0) is 4.74 Å². The summed E-state index contributed by atoms with van der Waals surface area (Å²) in [5.41, 5.74) is 0. The van der Waals surface area contributed by atoms with E-state index >= 15 is 0 Å². The molecule has 0 aromatic carbocycles. The van der Waals surface area contributed by atoms with E-state index in [1.807, 2.05) is 7.11 Å². The van der Waals surface area contributed by atoms with Gasteiger partial charge in [0.2, 0.25) is 0 Å². The van der Waals surface area contributed by atoms with Gasteiger partial charge in [0.25, 0.3) is 0 Å². The van der Waals surface area contributed by atoms with Crippen LogP contribution in [0.2, 0.25) is 0 Å². The Hall–Kier alpha value is -0.120. The quantitative estimate of drug-likeness (QED) is 0.685. The maximum absolute atomic E-state index is 5.25. The minimum atomic E-state index is 0.729. The average Bonchev–Trinajstić information content (AvgIpc) is 2.73. The van der Waals surface area contributed by atoms with Gasteiger partial charge < -0.3 is 10.1 Å². The van der Waals surface area contributed by atoms with Crippen LogP contribution >= 0.6 is 0 Å². The van der Waals surface area contributed by atoms with Crippen LogP contribution in [0.3, 0.4) is 0 Å². The number of nitrogens with zero attached hydrogens (tertiary/aromatic N) is 1. The first-order valence-electron chi connectivity index (χ1n) is 6.75. The molecule has 1 saturated heterocycles. The second kappa shape index (κ2) is 8.04. The van der Waals surface area contributed by atoms with Crippen LogP contribution in [0.15, 0.2) is 0 Å². The molecule has 2 atom stereocenters. The van der Waals surface area contributed by atoms with Crippen molar-refractivity contribution in [2.45, 2.75) is 39.2 Å². The minimum Gasteiger partial charge on any atom is -0.384 e. The molecule has 1 heterocycles. The van der Waals surface area contributed by atoms with Crippen molar-refractivity contribution < 1.29 is 4.74 Å². The first kappa shape index (κ1) is 13.9. The molecule has 0 aromatic rings. The highest BCUT2D eigenvalue weighted by Gasteiger charge is 2.27. The lowest BCUT2D eigenvalue weighted by atomic mass is 10.1. The molecule has 1 rings (SSSR count). The van der Waals surface area contributed by atoms with Gasteiger partial charge in [-0.1, -0.05) is 20.3 Å². The normalized spacial score (nSPS) is 23.8. The van der Waals surface area contributed by atoms with Gasteiger partial charge in [-0.15, -0.1) is 0 Å². The molecule has 3 heteroatoms. The van der Waals surface area contributed by atoms with Gasteiger partial charge in [0.15, 0.2) is 0 Å². The topological polar surface area (TPSA) is 24.5 Å². The number of likely N-dealkylation sites (N-methyl/N-ethyl adjacent to an activating group) is 1. The molecule has 96 valence electrons. The highest BCUT2D eigenvalue weighted by atomic mass is 16.5. The number of hydrogen-bond donors (Lipinski definition) is 1. The first-order valence-corrected chi connectivity index (χ1v) is 6.75. The molecule has 0 aliphatic carbocycles. The largest absolute Gasteiger partial charge is 0.384 e. The Balaban J connectivity index is 2.33. The Labute approximate surface area is 101 Å². The molecule has 0 saturated carbocycles. The van der Waals surface area contributed by atoms with Crippen molar-refractivity contribution >= 4 is 0 Å². The number of rotatable bonds is 8. The molecule has 0 aromatic heterocycles. The van der Waals surface area contributed by atoms with Crippen molar-refractivity contribution in [2.75, 3.05) is 39.9 Å². The van der Waals surface area contributed by atoms with E-state index in [0.717, 1.165) is 31.7 Å². The van der Waals surface area contributed by atoms with Gasteiger partial charge in [0.1, 0.15) is 0 Å². The van der Waals surface area contributed by atoms with E-state index in [4.69, 9.17) is 4.74 Å². The van der Waals surface area contributed by atoms with Crippen LogP contribution in [0.5, 0.6) is 0 Å². The van der Waals surface area contributed by atoms with Crippen LogP contribution in [0.1, 0.15) is 33.1 Å². The van der Waals surface area contributed by atoms with Gasteiger partial charge >= 0.3 is 0 Å². The summed E-state index contributed by atoms with van der Waals surface area (Å²) < 4.78 is 5.25. The molecule has 0 amide bonds. The third-order valence-corrected chi connectivity index (χ3v) is 3.49. The van der Waals surface area contributed by atoms with Crippen molar-refractivity contribution in [3.63, 3.8) is 0 Å². The number of nitrogens with one attached hydrogen (secondary N) is 1. The number of ether oxygens (including phenoxy) is 1. The van der Waals surface area contributed by atoms with E-state index in [1.54, 1.807) is 0 Å². The van der Waals surface area contributed by atoms with E-state index in [9.17, 15) is 0 Å². The van der Waals surface area contributed by atoms with E-state index < -0.39 is 0 Å². The van der Waals surface area contributed by atoms with Gasteiger partial charge in [-0.2, -0.15) is 0 Å². The molecule has 1 aliphatic heterocycles. The summed E-state index contributed by atoms with van der Waals surface area (Å²) in [7, 11) is 1.81. The van der Waals surface area contributed by atoms with Crippen molar-refractivity contribution in [1.82, 2.24) is 10.2 Å². The van der Waals surface area contributed by atoms with E-state index in [1.165, 1.54) is 32.4 Å². The van der Waals surface area contributed by atoms with Crippen molar-refractivity contribution in [3.8, 4) is 0 Å². The molecule has 1 aliphatic rings. The van der Waals surface area contributed by atoms with Crippen LogP contribution in [0, 0.1) is 5.92 Å². The van der Waals surface area contributed by atoms with E-state index in [0.29, 0.717) is 0 Å². The number of likely N-dealkylation sites (tertiary alicyclic amines) is 1. The molecule has 1 N–H and O–H groups in total. The van der Waals surface area contributed by atoms with Crippen LogP contribution in [-0.4, -0.2) is 50.8 Å². The van der Waals surface area contributed by atoms with Crippen molar-refractivity contribution in [2.24, 2.45) is 5.92 Å². The molecule has 1 fully saturated rings. The lowest BCUT2D eigenvalue weighted by molar-refractivity contribution is 0.145. The fourth-order valence-corrected chi connectivity index (χ4v) is 2.62. The summed E-state index contributed by atoms with van der Waals surface area (Å²) in [4.78, 5) is 2.65. The summed E-state index contributed by atoms with van der Waals surface area (Å²) in [5.74, 6) is 0.756. The standard InChI is InChI=1S/C13H28N2O/c1-4-6-13(9-14-5-2)15-8-7-12(10-15)11-16-3/h12-14H,4-11H2,1-3H3. The minimum absolute atomic E-state index is 0.729. The van der Waals surface area contributed by atoms with Gasteiger partial charge in [0, 0.05) is 26.2 Å². The zero-order chi connectivity index (χ0) is 11.8. The SMILES string of the molecule is CCCC(CNCC)N1CCC(COC)C1. The van der Waals surface area contributed by atoms with Gasteiger partial charge in [-0.05, 0) is 31.8 Å². The summed E-state index contributed by atoms with van der Waals surface area (Å²) in [6.07, 6.45) is 3.90. The fraction of sp³-hybridized carbons (Fsp3) is 1.00. The molecule has 2 unspecified atom stereocenters. The van der Waals surface area contributed by atoms with E-state index in [2.05, 4.69) is 24.1 Å². The fourth-order valence-electron chi connectivity index (χ4n) is 2.62. The zero-order valence-corrected chi connectivity index (χ0v) is 11.2. The maximum atomic E-state index is 5.25. The third kappa shape index (κ3) is 4.40. The lowest BCUT2D eigenvalue weighted by Gasteiger charge is -2.28. The Morgan fingerprint density at radius 1 is 1.44 bits per heavy atom. The Morgan fingerprint density at radius 2 is 2.25 bits per heavy atom. The van der Waals surface area contributed by atoms with Gasteiger partial charge in [-0.3, -0.25) is 4.90 Å². The summed E-state index contributed by atoms with van der Waals surface area (Å²) in [6, 6.07) is 0.729. The predicted octanol–water partition coefficient (Wildman–Crippen LogP) is 1.73. The van der Waals surface area contributed by atoms with Crippen LogP contribution < -0.4 is 5.32 Å². The van der Waals surface area contributed by atoms with Crippen LogP contribution in [0.4, 0.5) is 0 Å². The van der Waals surface area contributed by atoms with Gasteiger partial charge in [0.05, 0.1) is 6.61 Å². The molecule has 0 spiro atoms. The summed E-state index contributed by atoms with van der Waals surface area (Å²) in [5, 5.41) is 3.48. The highest BCUT2D eigenvalue weighted by molar-refractivity contribution is 4.82. The number of hydrogen-bond acceptors (Lipinski definition) is 3. The Kier molecular flexibility index (Phi) is 7.01. The summed E-state index contributed by atoms with van der Waals surface area (Å²) >= 11 is 0. The second-order valence-electron chi connectivity index (χ2n) is 4.86. The van der Waals surface area contributed by atoms with Crippen molar-refractivity contribution in [1.29, 1.82) is 0 Å². The molecular weight excluding hydrogens is 200 g/mol.